The monoisotopic (exact) mass is 425 g/mol. The molecule has 2 aromatic carbocycles. The van der Waals surface area contributed by atoms with Crippen LogP contribution in [-0.2, 0) is 27.2 Å². The number of nitrogens with two attached hydrogens (primary N) is 3. The maximum absolute atomic E-state index is 13.6. The first-order valence-electron chi connectivity index (χ1n) is 10.3. The maximum atomic E-state index is 13.6. The van der Waals surface area contributed by atoms with Gasteiger partial charge in [-0.25, -0.2) is 0 Å². The second kappa shape index (κ2) is 10.4. The van der Waals surface area contributed by atoms with Crippen molar-refractivity contribution in [1.82, 2.24) is 0 Å². The molecule has 7 heteroatoms. The highest BCUT2D eigenvalue weighted by atomic mass is 16.4. The molecule has 0 unspecified atom stereocenters. The second-order valence-corrected chi connectivity index (χ2v) is 8.16. The molecule has 0 fully saturated rings. The Bertz CT molecular complexity index is 840. The molecule has 0 bridgehead atoms. The fourth-order valence-electron chi connectivity index (χ4n) is 4.09. The minimum atomic E-state index is -2.05. The van der Waals surface area contributed by atoms with Gasteiger partial charge in [-0.05, 0) is 29.9 Å². The number of carboxylic acid groups (broad SMARTS) is 1. The van der Waals surface area contributed by atoms with Crippen LogP contribution in [0.1, 0.15) is 25.0 Å². The molecule has 2 aromatic rings. The van der Waals surface area contributed by atoms with E-state index in [1.54, 1.807) is 13.8 Å². The van der Waals surface area contributed by atoms with Gasteiger partial charge in [0.05, 0.1) is 12.1 Å². The fraction of sp³-hybridized carbons (Fsp3) is 0.375. The van der Waals surface area contributed by atoms with Crippen molar-refractivity contribution in [3.8, 4) is 0 Å². The number of ketones is 2. The third-order valence-corrected chi connectivity index (χ3v) is 5.75. The largest absolute Gasteiger partial charge is 0.480 e. The highest BCUT2D eigenvalue weighted by Crippen LogP contribution is 2.36. The van der Waals surface area contributed by atoms with Crippen LogP contribution >= 0.6 is 0 Å². The van der Waals surface area contributed by atoms with Gasteiger partial charge in [-0.15, -0.1) is 0 Å². The van der Waals surface area contributed by atoms with Crippen molar-refractivity contribution < 1.29 is 19.5 Å². The summed E-state index contributed by atoms with van der Waals surface area (Å²) in [6.07, 6.45) is 0.309. The topological polar surface area (TPSA) is 150 Å². The predicted molar refractivity (Wildman–Crippen MR) is 119 cm³/mol. The Morgan fingerprint density at radius 3 is 1.42 bits per heavy atom. The van der Waals surface area contributed by atoms with E-state index in [0.717, 1.165) is 11.1 Å². The van der Waals surface area contributed by atoms with Crippen molar-refractivity contribution >= 4 is 17.5 Å². The summed E-state index contributed by atoms with van der Waals surface area (Å²) in [5, 5.41) is 9.70. The third kappa shape index (κ3) is 5.25. The minimum Gasteiger partial charge on any atom is -0.480 e. The average molecular weight is 426 g/mol. The fourth-order valence-corrected chi connectivity index (χ4v) is 4.09. The molecular weight excluding hydrogens is 394 g/mol. The predicted octanol–water partition coefficient (Wildman–Crippen LogP) is 1.32. The van der Waals surface area contributed by atoms with Crippen LogP contribution in [0.5, 0.6) is 0 Å². The molecule has 0 saturated heterocycles. The molecule has 0 spiro atoms. The molecule has 0 aliphatic carbocycles. The van der Waals surface area contributed by atoms with E-state index in [2.05, 4.69) is 0 Å². The van der Waals surface area contributed by atoms with Gasteiger partial charge < -0.3 is 22.3 Å². The Balaban J connectivity index is 2.45. The van der Waals surface area contributed by atoms with E-state index in [1.165, 1.54) is 0 Å². The summed E-state index contributed by atoms with van der Waals surface area (Å²) in [4.78, 5) is 39.1. The molecule has 0 saturated carbocycles. The Morgan fingerprint density at radius 2 is 1.13 bits per heavy atom. The molecular formula is C24H31N3O4. The first-order chi connectivity index (χ1) is 14.6. The molecule has 0 amide bonds. The number of hydrogen-bond acceptors (Lipinski definition) is 6. The van der Waals surface area contributed by atoms with Crippen molar-refractivity contribution in [2.24, 2.45) is 28.5 Å². The third-order valence-electron chi connectivity index (χ3n) is 5.75. The van der Waals surface area contributed by atoms with E-state index in [1.807, 2.05) is 60.7 Å². The maximum Gasteiger partial charge on any atom is 0.322 e. The normalized spacial score (nSPS) is 14.6. The summed E-state index contributed by atoms with van der Waals surface area (Å²) in [5.74, 6) is -3.57. The molecule has 3 atom stereocenters. The number of benzene rings is 2. The highest BCUT2D eigenvalue weighted by Gasteiger charge is 2.57. The van der Waals surface area contributed by atoms with Gasteiger partial charge in [0.2, 0.25) is 0 Å². The van der Waals surface area contributed by atoms with Crippen molar-refractivity contribution in [3.05, 3.63) is 71.8 Å². The molecule has 0 aromatic heterocycles. The molecule has 31 heavy (non-hydrogen) atoms. The summed E-state index contributed by atoms with van der Waals surface area (Å²) >= 11 is 0. The quantitative estimate of drug-likeness (QED) is 0.397. The molecule has 0 aliphatic rings. The van der Waals surface area contributed by atoms with Crippen molar-refractivity contribution in [2.45, 2.75) is 44.8 Å². The lowest BCUT2D eigenvalue weighted by molar-refractivity contribution is -0.157. The smallest absolute Gasteiger partial charge is 0.322 e. The van der Waals surface area contributed by atoms with Crippen LogP contribution in [-0.4, -0.2) is 40.8 Å². The van der Waals surface area contributed by atoms with Crippen LogP contribution in [0.15, 0.2) is 60.7 Å². The minimum absolute atomic E-state index is 0.154. The number of Topliss-reactive ketones (excluding diaryl/α,β-unsaturated/α-hetero) is 2. The Hall–Kier alpha value is -2.87. The molecule has 0 aliphatic heterocycles. The van der Waals surface area contributed by atoms with E-state index >= 15 is 0 Å². The second-order valence-electron chi connectivity index (χ2n) is 8.16. The van der Waals surface area contributed by atoms with Crippen LogP contribution in [0.4, 0.5) is 0 Å². The zero-order valence-electron chi connectivity index (χ0n) is 17.9. The number of aliphatic carboxylic acids is 1. The first kappa shape index (κ1) is 24.4. The van der Waals surface area contributed by atoms with Gasteiger partial charge in [0.1, 0.15) is 11.5 Å². The summed E-state index contributed by atoms with van der Waals surface area (Å²) in [6, 6.07) is 14.2. The lowest BCUT2D eigenvalue weighted by Gasteiger charge is -2.40. The number of carbonyl (C=O) groups excluding carboxylic acids is 2. The van der Waals surface area contributed by atoms with Crippen LogP contribution in [0.25, 0.3) is 0 Å². The van der Waals surface area contributed by atoms with E-state index in [9.17, 15) is 19.5 Å². The van der Waals surface area contributed by atoms with E-state index in [0.29, 0.717) is 0 Å². The lowest BCUT2D eigenvalue weighted by atomic mass is 9.61. The molecule has 7 N–H and O–H groups in total. The van der Waals surface area contributed by atoms with Gasteiger partial charge in [-0.3, -0.25) is 14.4 Å². The first-order valence-corrected chi connectivity index (χ1v) is 10.3. The number of carbonyl (C=O) groups is 3. The molecule has 166 valence electrons. The summed E-state index contributed by atoms with van der Waals surface area (Å²) in [5.41, 5.74) is 18.0. The van der Waals surface area contributed by atoms with Gasteiger partial charge in [0.15, 0.2) is 11.6 Å². The van der Waals surface area contributed by atoms with Crippen molar-refractivity contribution in [1.29, 1.82) is 0 Å². The van der Waals surface area contributed by atoms with Crippen molar-refractivity contribution in [3.63, 3.8) is 0 Å². The highest BCUT2D eigenvalue weighted by molar-refractivity contribution is 6.14. The zero-order valence-corrected chi connectivity index (χ0v) is 17.9. The lowest BCUT2D eigenvalue weighted by Crippen LogP contribution is -2.66. The summed E-state index contributed by atoms with van der Waals surface area (Å²) in [6.45, 7) is 3.20. The van der Waals surface area contributed by atoms with E-state index in [4.69, 9.17) is 17.2 Å². The van der Waals surface area contributed by atoms with Gasteiger partial charge >= 0.3 is 5.97 Å². The molecule has 0 radical (unpaired) electrons. The summed E-state index contributed by atoms with van der Waals surface area (Å²) < 4.78 is 0. The van der Waals surface area contributed by atoms with Crippen LogP contribution in [0, 0.1) is 11.3 Å². The van der Waals surface area contributed by atoms with Gasteiger partial charge in [0, 0.05) is 0 Å². The number of hydrogen-bond donors (Lipinski definition) is 4. The number of carboxylic acids is 1. The molecule has 7 nitrogen and oxygen atoms in total. The number of rotatable bonds is 11. The standard InChI is InChI=1S/C24H31N3O4/c1-15(2)24(20(27)23(30)31,21(28)18(25)13-16-9-5-3-6-10-16)22(29)19(26)14-17-11-7-4-8-12-17/h3-12,15,18-20H,13-14,25-27H2,1-2H3,(H,30,31)/t18-,19-,20+/m0/s1. The van der Waals surface area contributed by atoms with Crippen LogP contribution in [0.3, 0.4) is 0 Å². The van der Waals surface area contributed by atoms with Crippen LogP contribution in [0.2, 0.25) is 0 Å². The van der Waals surface area contributed by atoms with Gasteiger partial charge in [0.25, 0.3) is 0 Å². The van der Waals surface area contributed by atoms with E-state index < -0.39 is 47.0 Å². The zero-order chi connectivity index (χ0) is 23.2. The van der Waals surface area contributed by atoms with Crippen molar-refractivity contribution in [2.75, 3.05) is 0 Å². The summed E-state index contributed by atoms with van der Waals surface area (Å²) in [7, 11) is 0. The SMILES string of the molecule is CC(C)C(C(=O)[C@@H](N)Cc1ccccc1)(C(=O)[C@@H](N)Cc1ccccc1)[C@H](N)C(=O)O. The van der Waals surface area contributed by atoms with Gasteiger partial charge in [-0.1, -0.05) is 74.5 Å². The van der Waals surface area contributed by atoms with Gasteiger partial charge in [-0.2, -0.15) is 0 Å². The van der Waals surface area contributed by atoms with Crippen LogP contribution < -0.4 is 17.2 Å². The molecule has 2 rings (SSSR count). The Kier molecular flexibility index (Phi) is 8.21. The Labute approximate surface area is 182 Å². The van der Waals surface area contributed by atoms with E-state index in [-0.39, 0.29) is 12.8 Å². The average Bonchev–Trinajstić information content (AvgIpc) is 2.74. The Morgan fingerprint density at radius 1 is 0.774 bits per heavy atom. The molecule has 0 heterocycles.